The predicted molar refractivity (Wildman–Crippen MR) is 66.6 cm³/mol. The SMILES string of the molecule is CC1OCCC1(CN)Cc1cc(Cl)ccc1F. The molecule has 1 heterocycles. The third-order valence-corrected chi connectivity index (χ3v) is 4.02. The summed E-state index contributed by atoms with van der Waals surface area (Å²) in [6, 6.07) is 4.64. The van der Waals surface area contributed by atoms with Gasteiger partial charge in [-0.15, -0.1) is 0 Å². The first kappa shape index (κ1) is 12.8. The molecule has 2 nitrogen and oxygen atoms in total. The first-order valence-corrected chi connectivity index (χ1v) is 6.21. The van der Waals surface area contributed by atoms with Crippen molar-refractivity contribution < 1.29 is 9.13 Å². The largest absolute Gasteiger partial charge is 0.378 e. The summed E-state index contributed by atoms with van der Waals surface area (Å²) in [5, 5.41) is 0.556. The topological polar surface area (TPSA) is 35.2 Å². The number of hydrogen-bond donors (Lipinski definition) is 1. The minimum atomic E-state index is -0.221. The van der Waals surface area contributed by atoms with Crippen LogP contribution in [0.2, 0.25) is 5.02 Å². The Bertz CT molecular complexity index is 412. The van der Waals surface area contributed by atoms with Gasteiger partial charge in [0.05, 0.1) is 6.10 Å². The molecular formula is C13H17ClFNO. The smallest absolute Gasteiger partial charge is 0.126 e. The molecule has 2 atom stereocenters. The molecule has 1 aliphatic heterocycles. The van der Waals surface area contributed by atoms with Gasteiger partial charge >= 0.3 is 0 Å². The van der Waals surface area contributed by atoms with E-state index in [-0.39, 0.29) is 17.3 Å². The number of nitrogens with two attached hydrogens (primary N) is 1. The van der Waals surface area contributed by atoms with E-state index in [2.05, 4.69) is 0 Å². The van der Waals surface area contributed by atoms with Gasteiger partial charge in [-0.05, 0) is 43.5 Å². The lowest BCUT2D eigenvalue weighted by molar-refractivity contribution is 0.0670. The lowest BCUT2D eigenvalue weighted by atomic mass is 9.76. The van der Waals surface area contributed by atoms with Crippen molar-refractivity contribution in [2.24, 2.45) is 11.1 Å². The molecule has 1 aliphatic rings. The first-order valence-electron chi connectivity index (χ1n) is 5.83. The van der Waals surface area contributed by atoms with Crippen molar-refractivity contribution in [3.8, 4) is 0 Å². The van der Waals surface area contributed by atoms with Crippen LogP contribution < -0.4 is 5.73 Å². The average Bonchev–Trinajstić information content (AvgIpc) is 2.66. The molecule has 17 heavy (non-hydrogen) atoms. The molecule has 0 amide bonds. The second-order valence-corrected chi connectivity index (χ2v) is 5.18. The second kappa shape index (κ2) is 4.92. The molecule has 1 aromatic rings. The standard InChI is InChI=1S/C13H17ClFNO/c1-9-13(8-16,4-5-17-9)7-10-6-11(14)2-3-12(10)15/h2-3,6,9H,4-5,7-8,16H2,1H3. The Morgan fingerprint density at radius 3 is 2.94 bits per heavy atom. The normalized spacial score (nSPS) is 28.6. The minimum absolute atomic E-state index is 0.0610. The fraction of sp³-hybridized carbons (Fsp3) is 0.538. The van der Waals surface area contributed by atoms with Crippen LogP contribution in [0, 0.1) is 11.2 Å². The van der Waals surface area contributed by atoms with Gasteiger partial charge < -0.3 is 10.5 Å². The summed E-state index contributed by atoms with van der Waals surface area (Å²) >= 11 is 5.90. The van der Waals surface area contributed by atoms with Gasteiger partial charge in [-0.3, -0.25) is 0 Å². The van der Waals surface area contributed by atoms with E-state index < -0.39 is 0 Å². The fourth-order valence-electron chi connectivity index (χ4n) is 2.45. The van der Waals surface area contributed by atoms with E-state index in [0.29, 0.717) is 30.2 Å². The lowest BCUT2D eigenvalue weighted by Crippen LogP contribution is -2.39. The van der Waals surface area contributed by atoms with E-state index in [1.54, 1.807) is 12.1 Å². The molecule has 0 spiro atoms. The lowest BCUT2D eigenvalue weighted by Gasteiger charge is -2.31. The number of benzene rings is 1. The Balaban J connectivity index is 2.27. The van der Waals surface area contributed by atoms with Gasteiger partial charge in [-0.1, -0.05) is 11.6 Å². The van der Waals surface area contributed by atoms with Gasteiger partial charge in [0.25, 0.3) is 0 Å². The Morgan fingerprint density at radius 2 is 2.35 bits per heavy atom. The maximum absolute atomic E-state index is 13.7. The van der Waals surface area contributed by atoms with Crippen molar-refractivity contribution >= 4 is 11.6 Å². The molecule has 0 bridgehead atoms. The van der Waals surface area contributed by atoms with Crippen molar-refractivity contribution in [3.63, 3.8) is 0 Å². The van der Waals surface area contributed by atoms with Gasteiger partial charge in [0.15, 0.2) is 0 Å². The van der Waals surface area contributed by atoms with Crippen LogP contribution >= 0.6 is 11.6 Å². The molecule has 2 unspecified atom stereocenters. The highest BCUT2D eigenvalue weighted by Gasteiger charge is 2.40. The molecule has 2 rings (SSSR count). The highest BCUT2D eigenvalue weighted by molar-refractivity contribution is 6.30. The van der Waals surface area contributed by atoms with Gasteiger partial charge in [-0.2, -0.15) is 0 Å². The summed E-state index contributed by atoms with van der Waals surface area (Å²) in [6.45, 7) is 3.20. The molecule has 2 N–H and O–H groups in total. The molecule has 0 saturated carbocycles. The van der Waals surface area contributed by atoms with Crippen LogP contribution in [-0.4, -0.2) is 19.3 Å². The fourth-order valence-corrected chi connectivity index (χ4v) is 2.64. The van der Waals surface area contributed by atoms with Gasteiger partial charge in [0.2, 0.25) is 0 Å². The minimum Gasteiger partial charge on any atom is -0.378 e. The van der Waals surface area contributed by atoms with Gasteiger partial charge in [0.1, 0.15) is 5.82 Å². The Kier molecular flexibility index (Phi) is 3.71. The van der Waals surface area contributed by atoms with Gasteiger partial charge in [0, 0.05) is 23.6 Å². The zero-order valence-electron chi connectivity index (χ0n) is 9.88. The van der Waals surface area contributed by atoms with Crippen LogP contribution in [0.1, 0.15) is 18.9 Å². The van der Waals surface area contributed by atoms with E-state index in [4.69, 9.17) is 22.1 Å². The highest BCUT2D eigenvalue weighted by Crippen LogP contribution is 2.38. The van der Waals surface area contributed by atoms with E-state index in [1.165, 1.54) is 6.07 Å². The van der Waals surface area contributed by atoms with Crippen molar-refractivity contribution in [1.82, 2.24) is 0 Å². The summed E-state index contributed by atoms with van der Waals surface area (Å²) in [5.74, 6) is -0.221. The predicted octanol–water partition coefficient (Wildman–Crippen LogP) is 2.78. The van der Waals surface area contributed by atoms with E-state index in [1.807, 2.05) is 6.92 Å². The third-order valence-electron chi connectivity index (χ3n) is 3.79. The van der Waals surface area contributed by atoms with Crippen LogP contribution in [0.5, 0.6) is 0 Å². The van der Waals surface area contributed by atoms with E-state index in [9.17, 15) is 4.39 Å². The zero-order valence-corrected chi connectivity index (χ0v) is 10.6. The Morgan fingerprint density at radius 1 is 1.59 bits per heavy atom. The average molecular weight is 258 g/mol. The molecular weight excluding hydrogens is 241 g/mol. The maximum Gasteiger partial charge on any atom is 0.126 e. The zero-order chi connectivity index (χ0) is 12.5. The molecule has 0 aromatic heterocycles. The van der Waals surface area contributed by atoms with Crippen LogP contribution in [0.4, 0.5) is 4.39 Å². The molecule has 94 valence electrons. The third kappa shape index (κ3) is 2.46. The number of hydrogen-bond acceptors (Lipinski definition) is 2. The van der Waals surface area contributed by atoms with Crippen molar-refractivity contribution in [1.29, 1.82) is 0 Å². The van der Waals surface area contributed by atoms with Crippen LogP contribution in [0.15, 0.2) is 18.2 Å². The van der Waals surface area contributed by atoms with Crippen molar-refractivity contribution in [2.75, 3.05) is 13.2 Å². The summed E-state index contributed by atoms with van der Waals surface area (Å²) < 4.78 is 19.3. The van der Waals surface area contributed by atoms with E-state index in [0.717, 1.165) is 6.42 Å². The quantitative estimate of drug-likeness (QED) is 0.904. The summed E-state index contributed by atoms with van der Waals surface area (Å²) in [5.41, 5.74) is 6.32. The number of ether oxygens (including phenoxy) is 1. The van der Waals surface area contributed by atoms with Crippen LogP contribution in [0.25, 0.3) is 0 Å². The first-order chi connectivity index (χ1) is 8.07. The van der Waals surface area contributed by atoms with Crippen LogP contribution in [-0.2, 0) is 11.2 Å². The molecule has 4 heteroatoms. The summed E-state index contributed by atoms with van der Waals surface area (Å²) in [7, 11) is 0. The Labute approximate surface area is 106 Å². The summed E-state index contributed by atoms with van der Waals surface area (Å²) in [4.78, 5) is 0. The number of halogens is 2. The Hall–Kier alpha value is -0.640. The maximum atomic E-state index is 13.7. The number of rotatable bonds is 3. The van der Waals surface area contributed by atoms with Crippen molar-refractivity contribution in [3.05, 3.63) is 34.6 Å². The second-order valence-electron chi connectivity index (χ2n) is 4.74. The molecule has 0 radical (unpaired) electrons. The summed E-state index contributed by atoms with van der Waals surface area (Å²) in [6.07, 6.45) is 1.51. The van der Waals surface area contributed by atoms with Gasteiger partial charge in [-0.25, -0.2) is 4.39 Å². The van der Waals surface area contributed by atoms with Crippen LogP contribution in [0.3, 0.4) is 0 Å². The monoisotopic (exact) mass is 257 g/mol. The van der Waals surface area contributed by atoms with Crippen molar-refractivity contribution in [2.45, 2.75) is 25.9 Å². The highest BCUT2D eigenvalue weighted by atomic mass is 35.5. The van der Waals surface area contributed by atoms with E-state index >= 15 is 0 Å². The molecule has 1 fully saturated rings. The molecule has 1 aromatic carbocycles. The molecule has 1 saturated heterocycles. The molecule has 0 aliphatic carbocycles.